The second-order valence-corrected chi connectivity index (χ2v) is 5.63. The Bertz CT molecular complexity index is 340. The van der Waals surface area contributed by atoms with E-state index in [0.717, 1.165) is 6.54 Å². The molecule has 0 spiro atoms. The minimum absolute atomic E-state index is 0.423. The van der Waals surface area contributed by atoms with Crippen LogP contribution in [0.5, 0.6) is 0 Å². The summed E-state index contributed by atoms with van der Waals surface area (Å²) in [7, 11) is 0. The van der Waals surface area contributed by atoms with Gasteiger partial charge in [-0.15, -0.1) is 0 Å². The van der Waals surface area contributed by atoms with Crippen molar-refractivity contribution in [3.63, 3.8) is 0 Å². The van der Waals surface area contributed by atoms with Gasteiger partial charge in [-0.25, -0.2) is 0 Å². The summed E-state index contributed by atoms with van der Waals surface area (Å²) in [4.78, 5) is 0. The number of unbranched alkanes of at least 4 members (excludes halogenated alkanes) is 1. The van der Waals surface area contributed by atoms with E-state index in [1.165, 1.54) is 38.5 Å². The van der Waals surface area contributed by atoms with Gasteiger partial charge in [-0.2, -0.15) is 0 Å². The second kappa shape index (κ2) is 6.38. The summed E-state index contributed by atoms with van der Waals surface area (Å²) in [5.41, 5.74) is 1.98. The van der Waals surface area contributed by atoms with Gasteiger partial charge in [-0.05, 0) is 31.4 Å². The highest BCUT2D eigenvalue weighted by molar-refractivity contribution is 5.30. The van der Waals surface area contributed by atoms with Crippen molar-refractivity contribution >= 4 is 0 Å². The molecule has 1 atom stereocenters. The summed E-state index contributed by atoms with van der Waals surface area (Å²) in [5.74, 6) is 0. The first-order valence-electron chi connectivity index (χ1n) is 7.62. The van der Waals surface area contributed by atoms with Gasteiger partial charge >= 0.3 is 0 Å². The number of hydrogen-bond acceptors (Lipinski definition) is 1. The first-order chi connectivity index (χ1) is 8.83. The van der Waals surface area contributed by atoms with Gasteiger partial charge in [0.1, 0.15) is 0 Å². The zero-order chi connectivity index (χ0) is 12.8. The summed E-state index contributed by atoms with van der Waals surface area (Å²) >= 11 is 0. The van der Waals surface area contributed by atoms with E-state index in [1.807, 2.05) is 0 Å². The average Bonchev–Trinajstić information content (AvgIpc) is 2.36. The smallest absolute Gasteiger partial charge is 0.0164 e. The predicted molar refractivity (Wildman–Crippen MR) is 79.0 cm³/mol. The first kappa shape index (κ1) is 13.6. The van der Waals surface area contributed by atoms with Gasteiger partial charge in [0, 0.05) is 11.5 Å². The molecular formula is C17H27N. The number of rotatable bonds is 7. The van der Waals surface area contributed by atoms with E-state index in [-0.39, 0.29) is 0 Å². The third kappa shape index (κ3) is 2.61. The molecule has 1 aliphatic carbocycles. The fourth-order valence-electron chi connectivity index (χ4n) is 3.39. The molecule has 0 aromatic heterocycles. The largest absolute Gasteiger partial charge is 0.313 e. The Kier molecular flexibility index (Phi) is 4.82. The van der Waals surface area contributed by atoms with Gasteiger partial charge in [0.15, 0.2) is 0 Å². The van der Waals surface area contributed by atoms with Gasteiger partial charge in [0.05, 0.1) is 0 Å². The van der Waals surface area contributed by atoms with E-state index < -0.39 is 0 Å². The normalized spacial score (nSPS) is 19.2. The van der Waals surface area contributed by atoms with Crippen LogP contribution in [0.4, 0.5) is 0 Å². The van der Waals surface area contributed by atoms with Crippen LogP contribution in [0.25, 0.3) is 0 Å². The molecule has 0 heterocycles. The Morgan fingerprint density at radius 2 is 1.89 bits per heavy atom. The van der Waals surface area contributed by atoms with Crippen molar-refractivity contribution in [1.29, 1.82) is 0 Å². The SMILES string of the molecule is CCCCC(NCC)C1(c2ccccc2)CCC1. The standard InChI is InChI=1S/C17H27N/c1-3-5-12-16(18-4-2)17(13-9-14-17)15-10-7-6-8-11-15/h6-8,10-11,16,18H,3-5,9,12-14H2,1-2H3. The molecule has 1 N–H and O–H groups in total. The minimum Gasteiger partial charge on any atom is -0.313 e. The van der Waals surface area contributed by atoms with E-state index in [0.29, 0.717) is 11.5 Å². The van der Waals surface area contributed by atoms with E-state index in [1.54, 1.807) is 5.56 Å². The average molecular weight is 245 g/mol. The number of nitrogens with one attached hydrogen (secondary N) is 1. The maximum Gasteiger partial charge on any atom is 0.0164 e. The molecular weight excluding hydrogens is 218 g/mol. The molecule has 0 saturated heterocycles. The lowest BCUT2D eigenvalue weighted by atomic mass is 9.59. The summed E-state index contributed by atoms with van der Waals surface area (Å²) in [6.45, 7) is 5.61. The van der Waals surface area contributed by atoms with Gasteiger partial charge in [-0.3, -0.25) is 0 Å². The summed E-state index contributed by atoms with van der Waals surface area (Å²) in [6, 6.07) is 11.8. The van der Waals surface area contributed by atoms with Crippen LogP contribution in [0.2, 0.25) is 0 Å². The molecule has 0 radical (unpaired) electrons. The van der Waals surface area contributed by atoms with Crippen LogP contribution in [-0.2, 0) is 5.41 Å². The molecule has 1 unspecified atom stereocenters. The van der Waals surface area contributed by atoms with Crippen LogP contribution in [-0.4, -0.2) is 12.6 Å². The molecule has 1 aromatic rings. The monoisotopic (exact) mass is 245 g/mol. The lowest BCUT2D eigenvalue weighted by Gasteiger charge is -2.49. The van der Waals surface area contributed by atoms with Crippen molar-refractivity contribution in [2.45, 2.75) is 63.8 Å². The molecule has 0 aliphatic heterocycles. The van der Waals surface area contributed by atoms with Crippen molar-refractivity contribution in [2.24, 2.45) is 0 Å². The third-order valence-electron chi connectivity index (χ3n) is 4.56. The fourth-order valence-corrected chi connectivity index (χ4v) is 3.39. The fraction of sp³-hybridized carbons (Fsp3) is 0.647. The van der Waals surface area contributed by atoms with Crippen LogP contribution in [0.1, 0.15) is 57.9 Å². The lowest BCUT2D eigenvalue weighted by Crippen LogP contribution is -2.52. The van der Waals surface area contributed by atoms with Crippen molar-refractivity contribution in [3.05, 3.63) is 35.9 Å². The maximum absolute atomic E-state index is 3.76. The van der Waals surface area contributed by atoms with Gasteiger partial charge < -0.3 is 5.32 Å². The minimum atomic E-state index is 0.423. The molecule has 100 valence electrons. The number of likely N-dealkylation sites (N-methyl/N-ethyl adjacent to an activating group) is 1. The highest BCUT2D eigenvalue weighted by Crippen LogP contribution is 2.47. The van der Waals surface area contributed by atoms with Crippen LogP contribution in [0.15, 0.2) is 30.3 Å². The van der Waals surface area contributed by atoms with E-state index in [9.17, 15) is 0 Å². The van der Waals surface area contributed by atoms with E-state index in [4.69, 9.17) is 0 Å². The molecule has 1 saturated carbocycles. The molecule has 0 bridgehead atoms. The summed E-state index contributed by atoms with van der Waals surface area (Å²) in [5, 5.41) is 3.76. The second-order valence-electron chi connectivity index (χ2n) is 5.63. The molecule has 1 heteroatoms. The Labute approximate surface area is 112 Å². The quantitative estimate of drug-likeness (QED) is 0.756. The number of benzene rings is 1. The van der Waals surface area contributed by atoms with Crippen LogP contribution >= 0.6 is 0 Å². The molecule has 0 amide bonds. The van der Waals surface area contributed by atoms with Gasteiger partial charge in [0.25, 0.3) is 0 Å². The predicted octanol–water partition coefficient (Wildman–Crippen LogP) is 4.28. The van der Waals surface area contributed by atoms with Crippen molar-refractivity contribution in [3.8, 4) is 0 Å². The van der Waals surface area contributed by atoms with Crippen molar-refractivity contribution in [2.75, 3.05) is 6.54 Å². The maximum atomic E-state index is 3.76. The zero-order valence-electron chi connectivity index (χ0n) is 11.9. The molecule has 1 aliphatic rings. The molecule has 1 aromatic carbocycles. The molecule has 1 fully saturated rings. The Balaban J connectivity index is 2.18. The number of hydrogen-bond donors (Lipinski definition) is 1. The van der Waals surface area contributed by atoms with Gasteiger partial charge in [0.2, 0.25) is 0 Å². The third-order valence-corrected chi connectivity index (χ3v) is 4.56. The Morgan fingerprint density at radius 3 is 2.39 bits per heavy atom. The summed E-state index contributed by atoms with van der Waals surface area (Å²) < 4.78 is 0. The van der Waals surface area contributed by atoms with Crippen molar-refractivity contribution < 1.29 is 0 Å². The topological polar surface area (TPSA) is 12.0 Å². The van der Waals surface area contributed by atoms with Crippen LogP contribution < -0.4 is 5.32 Å². The Morgan fingerprint density at radius 1 is 1.17 bits per heavy atom. The van der Waals surface area contributed by atoms with Crippen LogP contribution in [0.3, 0.4) is 0 Å². The first-order valence-corrected chi connectivity index (χ1v) is 7.62. The summed E-state index contributed by atoms with van der Waals surface area (Å²) in [6.07, 6.45) is 8.07. The van der Waals surface area contributed by atoms with E-state index >= 15 is 0 Å². The van der Waals surface area contributed by atoms with Crippen molar-refractivity contribution in [1.82, 2.24) is 5.32 Å². The molecule has 1 nitrogen and oxygen atoms in total. The lowest BCUT2D eigenvalue weighted by molar-refractivity contribution is 0.161. The Hall–Kier alpha value is -0.820. The zero-order valence-corrected chi connectivity index (χ0v) is 11.9. The molecule has 2 rings (SSSR count). The van der Waals surface area contributed by atoms with E-state index in [2.05, 4.69) is 49.5 Å². The molecule has 18 heavy (non-hydrogen) atoms. The van der Waals surface area contributed by atoms with Gasteiger partial charge in [-0.1, -0.05) is 63.4 Å². The highest BCUT2D eigenvalue weighted by Gasteiger charge is 2.44. The van der Waals surface area contributed by atoms with Crippen LogP contribution in [0, 0.1) is 0 Å². The highest BCUT2D eigenvalue weighted by atomic mass is 14.9.